The number of nitrogens with one attached hydrogen (secondary N) is 1. The van der Waals surface area contributed by atoms with E-state index in [1.807, 2.05) is 37.3 Å². The largest absolute Gasteiger partial charge is 0.858 e. The van der Waals surface area contributed by atoms with Crippen molar-refractivity contribution in [3.8, 4) is 5.69 Å². The van der Waals surface area contributed by atoms with Crippen molar-refractivity contribution in [2.45, 2.75) is 45.3 Å². The van der Waals surface area contributed by atoms with E-state index in [2.05, 4.69) is 20.6 Å². The molecule has 0 radical (unpaired) electrons. The maximum Gasteiger partial charge on any atom is 0.273 e. The number of hydrogen-bond donors (Lipinski definition) is 1. The molecule has 0 saturated heterocycles. The zero-order valence-corrected chi connectivity index (χ0v) is 18.7. The van der Waals surface area contributed by atoms with Gasteiger partial charge in [0.05, 0.1) is 18.0 Å². The van der Waals surface area contributed by atoms with E-state index >= 15 is 0 Å². The third-order valence-corrected chi connectivity index (χ3v) is 5.37. The van der Waals surface area contributed by atoms with Gasteiger partial charge in [-0.2, -0.15) is 0 Å². The molecule has 1 aromatic heterocycles. The Morgan fingerprint density at radius 2 is 1.94 bits per heavy atom. The van der Waals surface area contributed by atoms with Crippen molar-refractivity contribution in [3.05, 3.63) is 77.1 Å². The molecule has 8 nitrogen and oxygen atoms in total. The zero-order valence-electron chi connectivity index (χ0n) is 18.7. The first kappa shape index (κ1) is 22.7. The molecule has 1 saturated carbocycles. The minimum absolute atomic E-state index is 0.197. The Hall–Kier alpha value is -3.52. The van der Waals surface area contributed by atoms with Crippen LogP contribution >= 0.6 is 0 Å². The Morgan fingerprint density at radius 1 is 1.18 bits per heavy atom. The topological polar surface area (TPSA) is 104 Å². The molecule has 1 amide bonds. The summed E-state index contributed by atoms with van der Waals surface area (Å²) in [7, 11) is 0. The molecule has 1 fully saturated rings. The average Bonchev–Trinajstić information content (AvgIpc) is 3.55. The van der Waals surface area contributed by atoms with Crippen LogP contribution in [0.2, 0.25) is 0 Å². The normalized spacial score (nSPS) is 13.8. The van der Waals surface area contributed by atoms with Crippen LogP contribution in [0.3, 0.4) is 0 Å². The second kappa shape index (κ2) is 10.9. The van der Waals surface area contributed by atoms with E-state index in [-0.39, 0.29) is 17.8 Å². The van der Waals surface area contributed by atoms with E-state index < -0.39 is 0 Å². The fourth-order valence-corrected chi connectivity index (χ4v) is 3.48. The highest BCUT2D eigenvalue weighted by molar-refractivity contribution is 5.94. The number of amides is 1. The highest BCUT2D eigenvalue weighted by atomic mass is 16.5. The molecule has 3 aromatic rings. The summed E-state index contributed by atoms with van der Waals surface area (Å²) in [6, 6.07) is 17.3. The van der Waals surface area contributed by atoms with Crippen molar-refractivity contribution in [2.24, 2.45) is 4.99 Å². The van der Waals surface area contributed by atoms with Gasteiger partial charge in [-0.1, -0.05) is 47.7 Å². The third kappa shape index (κ3) is 6.04. The maximum absolute atomic E-state index is 12.7. The van der Waals surface area contributed by atoms with Crippen molar-refractivity contribution in [1.82, 2.24) is 20.3 Å². The molecule has 1 aliphatic rings. The van der Waals surface area contributed by atoms with Gasteiger partial charge in [-0.05, 0) is 61.8 Å². The molecule has 1 heterocycles. The molecule has 8 heteroatoms. The number of aromatic nitrogens is 3. The number of hydrogen-bond acceptors (Lipinski definition) is 6. The Kier molecular flexibility index (Phi) is 7.47. The van der Waals surface area contributed by atoms with E-state index in [4.69, 9.17) is 4.74 Å². The molecule has 0 spiro atoms. The quantitative estimate of drug-likeness (QED) is 0.277. The van der Waals surface area contributed by atoms with Gasteiger partial charge in [0.15, 0.2) is 5.69 Å². The average molecular weight is 447 g/mol. The number of aliphatic imine (C=N–C) groups is 1. The summed E-state index contributed by atoms with van der Waals surface area (Å²) in [5, 5.41) is 23.4. The Morgan fingerprint density at radius 3 is 2.64 bits per heavy atom. The van der Waals surface area contributed by atoms with Crippen molar-refractivity contribution in [3.63, 3.8) is 0 Å². The summed E-state index contributed by atoms with van der Waals surface area (Å²) < 4.78 is 7.48. The monoisotopic (exact) mass is 446 g/mol. The first-order valence-electron chi connectivity index (χ1n) is 11.3. The van der Waals surface area contributed by atoms with E-state index in [9.17, 15) is 9.90 Å². The lowest BCUT2D eigenvalue weighted by Crippen LogP contribution is -2.27. The lowest BCUT2D eigenvalue weighted by atomic mass is 10.1. The molecule has 0 atom stereocenters. The van der Waals surface area contributed by atoms with Crippen LogP contribution < -0.4 is 10.4 Å². The van der Waals surface area contributed by atoms with Crippen molar-refractivity contribution < 1.29 is 14.6 Å². The van der Waals surface area contributed by atoms with Gasteiger partial charge in [0.2, 0.25) is 0 Å². The van der Waals surface area contributed by atoms with Crippen LogP contribution in [0.5, 0.6) is 0 Å². The van der Waals surface area contributed by atoms with Gasteiger partial charge in [-0.25, -0.2) is 4.68 Å². The Balaban J connectivity index is 1.47. The Labute approximate surface area is 193 Å². The molecular formula is C25H28N5O3-. The molecule has 172 valence electrons. The number of carbonyl (C=O) groups is 1. The molecule has 1 aliphatic carbocycles. The number of benzene rings is 2. The third-order valence-electron chi connectivity index (χ3n) is 5.37. The predicted molar refractivity (Wildman–Crippen MR) is 123 cm³/mol. The number of ether oxygens (including phenoxy) is 1. The Bertz CT molecular complexity index is 1090. The minimum atomic E-state index is -0.247. The van der Waals surface area contributed by atoms with E-state index in [1.165, 1.54) is 0 Å². The van der Waals surface area contributed by atoms with Crippen LogP contribution in [0, 0.1) is 0 Å². The van der Waals surface area contributed by atoms with Gasteiger partial charge in [0.25, 0.3) is 5.91 Å². The second-order valence-corrected chi connectivity index (χ2v) is 8.01. The molecular weight excluding hydrogens is 418 g/mol. The maximum atomic E-state index is 12.7. The summed E-state index contributed by atoms with van der Waals surface area (Å²) in [6.45, 7) is 3.37. The van der Waals surface area contributed by atoms with Crippen LogP contribution in [0.15, 0.2) is 59.6 Å². The van der Waals surface area contributed by atoms with Crippen molar-refractivity contribution in [1.29, 1.82) is 0 Å². The molecule has 0 bridgehead atoms. The minimum Gasteiger partial charge on any atom is -0.858 e. The standard InChI is InChI=1S/C25H29N5O3/c1-2-26-24(31)19-10-14-21(15-11-19)30-22(23(28-29-30)25(32)27-20-12-13-20)9-6-16-33-17-18-7-4-3-5-8-18/h3-5,7-8,10-11,14-15,20H,2,6,9,12-13,16-17H2,1H3,(H,26,31)(H,27,32)/p-1. The number of carbonyl (C=O) groups excluding carboxylic acids is 1. The van der Waals surface area contributed by atoms with Crippen LogP contribution in [0.4, 0.5) is 0 Å². The molecule has 2 aromatic carbocycles. The van der Waals surface area contributed by atoms with Gasteiger partial charge in [-0.3, -0.25) is 4.79 Å². The van der Waals surface area contributed by atoms with Crippen molar-refractivity contribution in [2.75, 3.05) is 13.2 Å². The van der Waals surface area contributed by atoms with Crippen LogP contribution in [-0.4, -0.2) is 46.0 Å². The first-order valence-corrected chi connectivity index (χ1v) is 11.3. The van der Waals surface area contributed by atoms with E-state index in [0.29, 0.717) is 37.4 Å². The molecule has 0 unspecified atom stereocenters. The van der Waals surface area contributed by atoms with Gasteiger partial charge in [0.1, 0.15) is 0 Å². The molecule has 1 N–H and O–H groups in total. The molecule has 33 heavy (non-hydrogen) atoms. The fourth-order valence-electron chi connectivity index (χ4n) is 3.48. The molecule has 0 aliphatic heterocycles. The van der Waals surface area contributed by atoms with E-state index in [0.717, 1.165) is 36.2 Å². The summed E-state index contributed by atoms with van der Waals surface area (Å²) in [4.78, 5) is 16.6. The van der Waals surface area contributed by atoms with Gasteiger partial charge in [0, 0.05) is 19.2 Å². The predicted octanol–water partition coefficient (Wildman–Crippen LogP) is 2.44. The lowest BCUT2D eigenvalue weighted by Gasteiger charge is -2.12. The second-order valence-electron chi connectivity index (χ2n) is 8.01. The number of nitrogens with zero attached hydrogens (tertiary/aromatic N) is 4. The van der Waals surface area contributed by atoms with Crippen LogP contribution in [0.25, 0.3) is 5.69 Å². The summed E-state index contributed by atoms with van der Waals surface area (Å²) in [5.41, 5.74) is 3.45. The highest BCUT2D eigenvalue weighted by Gasteiger charge is 2.27. The van der Waals surface area contributed by atoms with Gasteiger partial charge < -0.3 is 20.2 Å². The lowest BCUT2D eigenvalue weighted by molar-refractivity contribution is -0.213. The SMILES string of the molecule is CCN=C([O-])c1ccc(-n2nnc(C(=O)NC3CC3)c2CCCOCc2ccccc2)cc1. The van der Waals surface area contributed by atoms with Crippen molar-refractivity contribution >= 4 is 11.8 Å². The summed E-state index contributed by atoms with van der Waals surface area (Å²) >= 11 is 0. The van der Waals surface area contributed by atoms with Gasteiger partial charge >= 0.3 is 0 Å². The van der Waals surface area contributed by atoms with Crippen LogP contribution in [-0.2, 0) is 17.8 Å². The summed E-state index contributed by atoms with van der Waals surface area (Å²) in [5.74, 6) is -0.444. The van der Waals surface area contributed by atoms with Crippen LogP contribution in [0.1, 0.15) is 53.5 Å². The van der Waals surface area contributed by atoms with E-state index in [1.54, 1.807) is 28.9 Å². The first-order chi connectivity index (χ1) is 16.2. The van der Waals surface area contributed by atoms with Gasteiger partial charge in [-0.15, -0.1) is 5.10 Å². The zero-order chi connectivity index (χ0) is 23.0. The highest BCUT2D eigenvalue weighted by Crippen LogP contribution is 2.21. The number of rotatable bonds is 11. The fraction of sp³-hybridized carbons (Fsp3) is 0.360. The smallest absolute Gasteiger partial charge is 0.273 e. The molecule has 4 rings (SSSR count). The summed E-state index contributed by atoms with van der Waals surface area (Å²) in [6.07, 6.45) is 3.30.